The van der Waals surface area contributed by atoms with Gasteiger partial charge in [-0.2, -0.15) is 0 Å². The SMILES string of the molecule is CCC1CCN(C(=O)CN)[C@@H]1C(=O)C(C)C. The fraction of sp³-hybridized carbons (Fsp3) is 0.833. The third-order valence-corrected chi connectivity index (χ3v) is 3.40. The predicted molar refractivity (Wildman–Crippen MR) is 62.8 cm³/mol. The summed E-state index contributed by atoms with van der Waals surface area (Å²) in [5.41, 5.74) is 5.37. The summed E-state index contributed by atoms with van der Waals surface area (Å²) in [5.74, 6) is 0.358. The topological polar surface area (TPSA) is 63.4 Å². The van der Waals surface area contributed by atoms with E-state index < -0.39 is 0 Å². The zero-order valence-corrected chi connectivity index (χ0v) is 10.4. The van der Waals surface area contributed by atoms with Gasteiger partial charge in [0.15, 0.2) is 5.78 Å². The molecule has 16 heavy (non-hydrogen) atoms. The van der Waals surface area contributed by atoms with Crippen molar-refractivity contribution in [3.8, 4) is 0 Å². The summed E-state index contributed by atoms with van der Waals surface area (Å²) in [6.45, 7) is 6.52. The van der Waals surface area contributed by atoms with Crippen molar-refractivity contribution in [2.75, 3.05) is 13.1 Å². The number of amides is 1. The van der Waals surface area contributed by atoms with E-state index in [0.717, 1.165) is 12.8 Å². The summed E-state index contributed by atoms with van der Waals surface area (Å²) < 4.78 is 0. The smallest absolute Gasteiger partial charge is 0.236 e. The summed E-state index contributed by atoms with van der Waals surface area (Å²) in [4.78, 5) is 25.4. The summed E-state index contributed by atoms with van der Waals surface area (Å²) >= 11 is 0. The van der Waals surface area contributed by atoms with Crippen LogP contribution in [0, 0.1) is 11.8 Å². The van der Waals surface area contributed by atoms with E-state index in [1.165, 1.54) is 0 Å². The summed E-state index contributed by atoms with van der Waals surface area (Å²) in [6.07, 6.45) is 1.86. The van der Waals surface area contributed by atoms with Gasteiger partial charge in [-0.15, -0.1) is 0 Å². The molecule has 4 heteroatoms. The van der Waals surface area contributed by atoms with Crippen LogP contribution in [0.4, 0.5) is 0 Å². The van der Waals surface area contributed by atoms with E-state index in [2.05, 4.69) is 6.92 Å². The molecule has 1 saturated heterocycles. The van der Waals surface area contributed by atoms with E-state index in [1.54, 1.807) is 4.90 Å². The number of carbonyl (C=O) groups excluding carboxylic acids is 2. The highest BCUT2D eigenvalue weighted by atomic mass is 16.2. The van der Waals surface area contributed by atoms with Crippen LogP contribution in [0.25, 0.3) is 0 Å². The lowest BCUT2D eigenvalue weighted by Gasteiger charge is -2.27. The third kappa shape index (κ3) is 2.43. The molecule has 2 N–H and O–H groups in total. The van der Waals surface area contributed by atoms with Crippen LogP contribution in [0.1, 0.15) is 33.6 Å². The second-order valence-electron chi connectivity index (χ2n) is 4.75. The predicted octanol–water partition coefficient (Wildman–Crippen LogP) is 0.797. The van der Waals surface area contributed by atoms with Crippen molar-refractivity contribution in [3.63, 3.8) is 0 Å². The Bertz CT molecular complexity index is 276. The van der Waals surface area contributed by atoms with Gasteiger partial charge in [0.1, 0.15) is 0 Å². The number of hydrogen-bond donors (Lipinski definition) is 1. The van der Waals surface area contributed by atoms with Crippen LogP contribution in [0.5, 0.6) is 0 Å². The Kier molecular flexibility index (Phi) is 4.47. The lowest BCUT2D eigenvalue weighted by molar-refractivity contribution is -0.138. The highest BCUT2D eigenvalue weighted by Gasteiger charge is 2.40. The van der Waals surface area contributed by atoms with Gasteiger partial charge in [-0.25, -0.2) is 0 Å². The fourth-order valence-corrected chi connectivity index (χ4v) is 2.41. The first-order valence-corrected chi connectivity index (χ1v) is 6.06. The normalized spacial score (nSPS) is 25.2. The molecule has 92 valence electrons. The van der Waals surface area contributed by atoms with Crippen LogP contribution in [0.2, 0.25) is 0 Å². The maximum Gasteiger partial charge on any atom is 0.236 e. The number of carbonyl (C=O) groups is 2. The van der Waals surface area contributed by atoms with Crippen LogP contribution in [0.15, 0.2) is 0 Å². The van der Waals surface area contributed by atoms with Crippen molar-refractivity contribution in [1.82, 2.24) is 4.90 Å². The van der Waals surface area contributed by atoms with Gasteiger partial charge < -0.3 is 10.6 Å². The van der Waals surface area contributed by atoms with Gasteiger partial charge in [0.05, 0.1) is 12.6 Å². The molecule has 0 aromatic rings. The quantitative estimate of drug-likeness (QED) is 0.771. The van der Waals surface area contributed by atoms with Crippen molar-refractivity contribution in [3.05, 3.63) is 0 Å². The molecule has 0 radical (unpaired) electrons. The Morgan fingerprint density at radius 1 is 1.44 bits per heavy atom. The van der Waals surface area contributed by atoms with Crippen LogP contribution in [-0.2, 0) is 9.59 Å². The minimum atomic E-state index is -0.235. The molecule has 1 amide bonds. The summed E-state index contributed by atoms with van der Waals surface area (Å²) in [6, 6.07) is -0.235. The molecule has 0 aromatic carbocycles. The highest BCUT2D eigenvalue weighted by Crippen LogP contribution is 2.29. The van der Waals surface area contributed by atoms with Gasteiger partial charge in [0.25, 0.3) is 0 Å². The van der Waals surface area contributed by atoms with Crippen molar-refractivity contribution in [1.29, 1.82) is 0 Å². The van der Waals surface area contributed by atoms with Gasteiger partial charge in [-0.3, -0.25) is 9.59 Å². The van der Waals surface area contributed by atoms with E-state index >= 15 is 0 Å². The molecular formula is C12H22N2O2. The second-order valence-corrected chi connectivity index (χ2v) is 4.75. The number of ketones is 1. The molecule has 1 heterocycles. The molecule has 2 atom stereocenters. The molecule has 1 aliphatic rings. The molecule has 0 saturated carbocycles. The van der Waals surface area contributed by atoms with Gasteiger partial charge in [0, 0.05) is 12.5 Å². The maximum atomic E-state index is 12.1. The number of Topliss-reactive ketones (excluding diaryl/α,β-unsaturated/α-hetero) is 1. The third-order valence-electron chi connectivity index (χ3n) is 3.40. The number of likely N-dealkylation sites (tertiary alicyclic amines) is 1. The van der Waals surface area contributed by atoms with Crippen molar-refractivity contribution < 1.29 is 9.59 Å². The molecule has 0 aromatic heterocycles. The zero-order chi connectivity index (χ0) is 12.3. The van der Waals surface area contributed by atoms with E-state index in [4.69, 9.17) is 5.73 Å². The van der Waals surface area contributed by atoms with Crippen LogP contribution in [-0.4, -0.2) is 35.7 Å². The largest absolute Gasteiger partial charge is 0.331 e. The van der Waals surface area contributed by atoms with E-state index in [0.29, 0.717) is 12.5 Å². The lowest BCUT2D eigenvalue weighted by atomic mass is 9.89. The van der Waals surface area contributed by atoms with Gasteiger partial charge in [-0.05, 0) is 12.3 Å². The molecule has 0 bridgehead atoms. The Labute approximate surface area is 97.2 Å². The van der Waals surface area contributed by atoms with Crippen LogP contribution < -0.4 is 5.73 Å². The average Bonchev–Trinajstić information content (AvgIpc) is 2.70. The molecule has 0 spiro atoms. The van der Waals surface area contributed by atoms with Gasteiger partial charge in [-0.1, -0.05) is 27.2 Å². The van der Waals surface area contributed by atoms with E-state index in [9.17, 15) is 9.59 Å². The van der Waals surface area contributed by atoms with Crippen LogP contribution in [0.3, 0.4) is 0 Å². The molecule has 1 fully saturated rings. The second kappa shape index (κ2) is 5.43. The maximum absolute atomic E-state index is 12.1. The number of nitrogens with zero attached hydrogens (tertiary/aromatic N) is 1. The first kappa shape index (κ1) is 13.2. The number of hydrogen-bond acceptors (Lipinski definition) is 3. The van der Waals surface area contributed by atoms with Crippen molar-refractivity contribution >= 4 is 11.7 Å². The molecule has 1 rings (SSSR count). The molecular weight excluding hydrogens is 204 g/mol. The number of rotatable bonds is 4. The minimum absolute atomic E-state index is 0.00168. The van der Waals surface area contributed by atoms with Crippen LogP contribution >= 0.6 is 0 Å². The van der Waals surface area contributed by atoms with E-state index in [1.807, 2.05) is 13.8 Å². The van der Waals surface area contributed by atoms with Gasteiger partial charge in [0.2, 0.25) is 5.91 Å². The fourth-order valence-electron chi connectivity index (χ4n) is 2.41. The van der Waals surface area contributed by atoms with Crippen molar-refractivity contribution in [2.24, 2.45) is 17.6 Å². The molecule has 4 nitrogen and oxygen atoms in total. The summed E-state index contributed by atoms with van der Waals surface area (Å²) in [5, 5.41) is 0. The first-order chi connectivity index (χ1) is 7.52. The monoisotopic (exact) mass is 226 g/mol. The van der Waals surface area contributed by atoms with Crippen molar-refractivity contribution in [2.45, 2.75) is 39.7 Å². The standard InChI is InChI=1S/C12H22N2O2/c1-4-9-5-6-14(10(15)7-13)11(9)12(16)8(2)3/h8-9,11H,4-7,13H2,1-3H3/t9?,11-/m0/s1. The number of nitrogens with two attached hydrogens (primary N) is 1. The molecule has 1 unspecified atom stereocenters. The van der Waals surface area contributed by atoms with Gasteiger partial charge >= 0.3 is 0 Å². The summed E-state index contributed by atoms with van der Waals surface area (Å²) in [7, 11) is 0. The Morgan fingerprint density at radius 2 is 2.06 bits per heavy atom. The zero-order valence-electron chi connectivity index (χ0n) is 10.4. The first-order valence-electron chi connectivity index (χ1n) is 6.06. The Morgan fingerprint density at radius 3 is 2.50 bits per heavy atom. The minimum Gasteiger partial charge on any atom is -0.331 e. The lowest BCUT2D eigenvalue weighted by Crippen LogP contribution is -2.47. The highest BCUT2D eigenvalue weighted by molar-refractivity contribution is 5.91. The average molecular weight is 226 g/mol. The van der Waals surface area contributed by atoms with E-state index in [-0.39, 0.29) is 30.2 Å². The Hall–Kier alpha value is -0.900. The molecule has 1 aliphatic heterocycles. The Balaban J connectivity index is 2.86. The molecule has 0 aliphatic carbocycles.